The molecule has 28 heavy (non-hydrogen) atoms. The fourth-order valence-corrected chi connectivity index (χ4v) is 2.46. The SMILES string of the molecule is CC(C)Oc1ccccc1C=NNC(=O)CNC(=O)c1ccc2c(c1)OCO2. The zero-order valence-corrected chi connectivity index (χ0v) is 15.6. The van der Waals surface area contributed by atoms with E-state index in [0.29, 0.717) is 22.8 Å². The van der Waals surface area contributed by atoms with Crippen LogP contribution in [0.1, 0.15) is 29.8 Å². The van der Waals surface area contributed by atoms with E-state index in [0.717, 1.165) is 5.56 Å². The van der Waals surface area contributed by atoms with Gasteiger partial charge in [-0.3, -0.25) is 9.59 Å². The van der Waals surface area contributed by atoms with Crippen molar-refractivity contribution in [2.45, 2.75) is 20.0 Å². The lowest BCUT2D eigenvalue weighted by atomic mass is 10.2. The van der Waals surface area contributed by atoms with Crippen LogP contribution < -0.4 is 25.0 Å². The van der Waals surface area contributed by atoms with Crippen molar-refractivity contribution in [1.82, 2.24) is 10.7 Å². The minimum Gasteiger partial charge on any atom is -0.490 e. The van der Waals surface area contributed by atoms with Crippen LogP contribution in [0.4, 0.5) is 0 Å². The van der Waals surface area contributed by atoms with Crippen LogP contribution in [-0.2, 0) is 4.79 Å². The smallest absolute Gasteiger partial charge is 0.259 e. The number of carbonyl (C=O) groups is 2. The predicted molar refractivity (Wildman–Crippen MR) is 103 cm³/mol. The average Bonchev–Trinajstić information content (AvgIpc) is 3.15. The van der Waals surface area contributed by atoms with Crippen LogP contribution in [0.15, 0.2) is 47.6 Å². The minimum absolute atomic E-state index is 0.0236. The second-order valence-corrected chi connectivity index (χ2v) is 6.25. The normalized spacial score (nSPS) is 12.2. The molecule has 0 radical (unpaired) electrons. The maximum Gasteiger partial charge on any atom is 0.259 e. The van der Waals surface area contributed by atoms with Crippen LogP contribution in [0.3, 0.4) is 0 Å². The number of amides is 2. The minimum atomic E-state index is -0.451. The Bertz CT molecular complexity index is 895. The Labute approximate surface area is 162 Å². The van der Waals surface area contributed by atoms with E-state index in [1.807, 2.05) is 38.1 Å². The highest BCUT2D eigenvalue weighted by molar-refractivity contribution is 5.97. The van der Waals surface area contributed by atoms with E-state index >= 15 is 0 Å². The molecule has 0 saturated heterocycles. The summed E-state index contributed by atoms with van der Waals surface area (Å²) in [6.45, 7) is 3.78. The molecular weight excluding hydrogens is 362 g/mol. The van der Waals surface area contributed by atoms with Gasteiger partial charge < -0.3 is 19.5 Å². The highest BCUT2D eigenvalue weighted by Gasteiger charge is 2.16. The summed E-state index contributed by atoms with van der Waals surface area (Å²) in [5, 5.41) is 6.45. The first kappa shape index (κ1) is 19.2. The van der Waals surface area contributed by atoms with Gasteiger partial charge >= 0.3 is 0 Å². The third-order valence-electron chi connectivity index (χ3n) is 3.72. The highest BCUT2D eigenvalue weighted by Crippen LogP contribution is 2.32. The second kappa shape index (κ2) is 8.90. The van der Waals surface area contributed by atoms with Crippen LogP contribution in [0, 0.1) is 0 Å². The van der Waals surface area contributed by atoms with Crippen molar-refractivity contribution in [3.63, 3.8) is 0 Å². The van der Waals surface area contributed by atoms with Gasteiger partial charge in [-0.1, -0.05) is 12.1 Å². The third-order valence-corrected chi connectivity index (χ3v) is 3.72. The molecule has 0 fully saturated rings. The Balaban J connectivity index is 1.50. The molecule has 1 aliphatic rings. The number of para-hydroxylation sites is 1. The van der Waals surface area contributed by atoms with Gasteiger partial charge in [-0.2, -0.15) is 5.10 Å². The van der Waals surface area contributed by atoms with E-state index in [-0.39, 0.29) is 19.4 Å². The molecule has 0 bridgehead atoms. The Hall–Kier alpha value is -3.55. The summed E-state index contributed by atoms with van der Waals surface area (Å²) in [6, 6.07) is 12.2. The zero-order valence-electron chi connectivity index (χ0n) is 15.6. The van der Waals surface area contributed by atoms with Gasteiger partial charge in [0.2, 0.25) is 6.79 Å². The average molecular weight is 383 g/mol. The van der Waals surface area contributed by atoms with E-state index in [9.17, 15) is 9.59 Å². The van der Waals surface area contributed by atoms with Crippen LogP contribution in [0.25, 0.3) is 0 Å². The first-order chi connectivity index (χ1) is 13.5. The molecule has 0 unspecified atom stereocenters. The van der Waals surface area contributed by atoms with Crippen molar-refractivity contribution < 1.29 is 23.8 Å². The summed E-state index contributed by atoms with van der Waals surface area (Å²) >= 11 is 0. The summed E-state index contributed by atoms with van der Waals surface area (Å²) in [5.41, 5.74) is 3.49. The van der Waals surface area contributed by atoms with Gasteiger partial charge in [0, 0.05) is 11.1 Å². The largest absolute Gasteiger partial charge is 0.490 e. The van der Waals surface area contributed by atoms with Gasteiger partial charge in [-0.25, -0.2) is 5.43 Å². The summed E-state index contributed by atoms with van der Waals surface area (Å²) in [5.74, 6) is 0.918. The zero-order chi connectivity index (χ0) is 19.9. The molecule has 8 nitrogen and oxygen atoms in total. The fraction of sp³-hybridized carbons (Fsp3) is 0.250. The number of benzene rings is 2. The summed E-state index contributed by atoms with van der Waals surface area (Å²) in [6.07, 6.45) is 1.52. The van der Waals surface area contributed by atoms with Gasteiger partial charge in [0.25, 0.3) is 11.8 Å². The maximum atomic E-state index is 12.1. The van der Waals surface area contributed by atoms with Crippen LogP contribution in [0.2, 0.25) is 0 Å². The molecule has 0 atom stereocenters. The summed E-state index contributed by atoms with van der Waals surface area (Å²) in [4.78, 5) is 24.1. The maximum absolute atomic E-state index is 12.1. The summed E-state index contributed by atoms with van der Waals surface area (Å²) < 4.78 is 16.1. The number of nitrogens with one attached hydrogen (secondary N) is 2. The van der Waals surface area contributed by atoms with Crippen molar-refractivity contribution in [1.29, 1.82) is 0 Å². The predicted octanol–water partition coefficient (Wildman–Crippen LogP) is 2.08. The van der Waals surface area contributed by atoms with E-state index in [4.69, 9.17) is 14.2 Å². The molecule has 3 rings (SSSR count). The molecule has 0 aromatic heterocycles. The van der Waals surface area contributed by atoms with Gasteiger partial charge in [0.05, 0.1) is 18.9 Å². The van der Waals surface area contributed by atoms with E-state index in [1.54, 1.807) is 18.2 Å². The lowest BCUT2D eigenvalue weighted by Crippen LogP contribution is -2.34. The Morgan fingerprint density at radius 1 is 1.18 bits per heavy atom. The molecule has 2 aromatic carbocycles. The van der Waals surface area contributed by atoms with Gasteiger partial charge in [-0.15, -0.1) is 0 Å². The lowest BCUT2D eigenvalue weighted by molar-refractivity contribution is -0.120. The number of nitrogens with zero attached hydrogens (tertiary/aromatic N) is 1. The molecule has 1 heterocycles. The summed E-state index contributed by atoms with van der Waals surface area (Å²) in [7, 11) is 0. The number of ether oxygens (including phenoxy) is 3. The van der Waals surface area contributed by atoms with Crippen LogP contribution in [0.5, 0.6) is 17.2 Å². The van der Waals surface area contributed by atoms with Crippen molar-refractivity contribution in [3.8, 4) is 17.2 Å². The van der Waals surface area contributed by atoms with Crippen molar-refractivity contribution in [3.05, 3.63) is 53.6 Å². The second-order valence-electron chi connectivity index (χ2n) is 6.25. The first-order valence-electron chi connectivity index (χ1n) is 8.78. The van der Waals surface area contributed by atoms with Crippen molar-refractivity contribution >= 4 is 18.0 Å². The number of hydrazone groups is 1. The fourth-order valence-electron chi connectivity index (χ4n) is 2.46. The van der Waals surface area contributed by atoms with Crippen LogP contribution in [-0.4, -0.2) is 37.5 Å². The molecule has 0 saturated carbocycles. The topological polar surface area (TPSA) is 98.2 Å². The molecule has 146 valence electrons. The van der Waals surface area contributed by atoms with Gasteiger partial charge in [0.1, 0.15) is 5.75 Å². The molecular formula is C20H21N3O5. The van der Waals surface area contributed by atoms with Gasteiger partial charge in [0.15, 0.2) is 11.5 Å². The first-order valence-corrected chi connectivity index (χ1v) is 8.78. The number of carbonyl (C=O) groups excluding carboxylic acids is 2. The molecule has 0 spiro atoms. The lowest BCUT2D eigenvalue weighted by Gasteiger charge is -2.11. The van der Waals surface area contributed by atoms with Crippen molar-refractivity contribution in [2.75, 3.05) is 13.3 Å². The van der Waals surface area contributed by atoms with E-state index in [1.165, 1.54) is 6.21 Å². The van der Waals surface area contributed by atoms with Crippen LogP contribution >= 0.6 is 0 Å². The molecule has 1 aliphatic heterocycles. The Kier molecular flexibility index (Phi) is 6.11. The number of hydrogen-bond acceptors (Lipinski definition) is 6. The number of fused-ring (bicyclic) bond motifs is 1. The van der Waals surface area contributed by atoms with E-state index in [2.05, 4.69) is 15.8 Å². The third kappa shape index (κ3) is 5.00. The number of hydrogen-bond donors (Lipinski definition) is 2. The van der Waals surface area contributed by atoms with Crippen molar-refractivity contribution in [2.24, 2.45) is 5.10 Å². The Morgan fingerprint density at radius 3 is 2.79 bits per heavy atom. The molecule has 2 N–H and O–H groups in total. The quantitative estimate of drug-likeness (QED) is 0.563. The molecule has 2 aromatic rings. The standard InChI is InChI=1S/C20H21N3O5/c1-13(2)28-16-6-4-3-5-15(16)10-22-23-19(24)11-21-20(25)14-7-8-17-18(9-14)27-12-26-17/h3-10,13H,11-12H2,1-2H3,(H,21,25)(H,23,24). The van der Waals surface area contributed by atoms with Gasteiger partial charge in [-0.05, 0) is 44.2 Å². The highest BCUT2D eigenvalue weighted by atomic mass is 16.7. The molecule has 2 amide bonds. The number of rotatable bonds is 7. The molecule has 8 heteroatoms. The van der Waals surface area contributed by atoms with E-state index < -0.39 is 11.8 Å². The Morgan fingerprint density at radius 2 is 1.96 bits per heavy atom. The monoisotopic (exact) mass is 383 g/mol. The molecule has 0 aliphatic carbocycles.